The smallest absolute Gasteiger partial charge is 0.319 e. The van der Waals surface area contributed by atoms with Gasteiger partial charge in [0.2, 0.25) is 0 Å². The Morgan fingerprint density at radius 2 is 2.09 bits per heavy atom. The van der Waals surface area contributed by atoms with Gasteiger partial charge in [0.1, 0.15) is 0 Å². The summed E-state index contributed by atoms with van der Waals surface area (Å²) in [4.78, 5) is 23.6. The molecule has 1 aromatic rings. The van der Waals surface area contributed by atoms with Crippen molar-refractivity contribution in [3.63, 3.8) is 0 Å². The van der Waals surface area contributed by atoms with Crippen LogP contribution in [0.3, 0.4) is 0 Å². The van der Waals surface area contributed by atoms with Gasteiger partial charge >= 0.3 is 6.03 Å². The maximum absolute atomic E-state index is 12.3. The zero-order chi connectivity index (χ0) is 16.4. The third kappa shape index (κ3) is 3.24. The Morgan fingerprint density at radius 3 is 2.64 bits per heavy atom. The highest BCUT2D eigenvalue weighted by atomic mass is 35.5. The van der Waals surface area contributed by atoms with Crippen molar-refractivity contribution in [3.05, 3.63) is 27.7 Å². The second-order valence-corrected chi connectivity index (χ2v) is 5.70. The summed E-state index contributed by atoms with van der Waals surface area (Å²) < 4.78 is 1.77. The normalized spacial score (nSPS) is 18.0. The van der Waals surface area contributed by atoms with Crippen molar-refractivity contribution in [2.45, 2.75) is 40.3 Å². The third-order valence-corrected chi connectivity index (χ3v) is 4.18. The van der Waals surface area contributed by atoms with E-state index >= 15 is 0 Å². The maximum atomic E-state index is 12.3. The van der Waals surface area contributed by atoms with Crippen molar-refractivity contribution in [1.29, 1.82) is 0 Å². The highest BCUT2D eigenvalue weighted by Crippen LogP contribution is 2.18. The molecule has 0 unspecified atom stereocenters. The first-order valence-electron chi connectivity index (χ1n) is 7.07. The molecule has 7 nitrogen and oxygen atoms in total. The van der Waals surface area contributed by atoms with Crippen LogP contribution in [0.4, 0.5) is 4.79 Å². The van der Waals surface area contributed by atoms with Crippen molar-refractivity contribution in [2.24, 2.45) is 0 Å². The van der Waals surface area contributed by atoms with Gasteiger partial charge in [0.25, 0.3) is 5.91 Å². The fraction of sp³-hybridized carbons (Fsp3) is 0.500. The fourth-order valence-electron chi connectivity index (χ4n) is 2.50. The van der Waals surface area contributed by atoms with E-state index in [0.29, 0.717) is 29.4 Å². The molecule has 2 heterocycles. The van der Waals surface area contributed by atoms with Crippen LogP contribution >= 0.6 is 11.6 Å². The van der Waals surface area contributed by atoms with Crippen LogP contribution in [0.1, 0.15) is 25.2 Å². The van der Waals surface area contributed by atoms with Gasteiger partial charge in [-0.3, -0.25) is 9.48 Å². The van der Waals surface area contributed by atoms with Gasteiger partial charge in [-0.05, 0) is 27.7 Å². The fourth-order valence-corrected chi connectivity index (χ4v) is 2.63. The number of nitrogens with zero attached hydrogens (tertiary/aromatic N) is 2. The molecule has 0 fully saturated rings. The quantitative estimate of drug-likeness (QED) is 0.778. The standard InChI is InChI=1S/C14H20ClN5O2/c1-7-11(8(2)18-14(22)17-7)13(21)16-5-6-20-10(4)12(15)9(3)19-20/h7H,5-6H2,1-4H3,(H,16,21)(H2,17,18,22)/t7-/m0/s1. The number of aryl methyl sites for hydroxylation is 1. The molecular formula is C14H20ClN5O2. The average molecular weight is 326 g/mol. The lowest BCUT2D eigenvalue weighted by atomic mass is 10.0. The zero-order valence-electron chi connectivity index (χ0n) is 13.1. The van der Waals surface area contributed by atoms with Gasteiger partial charge in [-0.1, -0.05) is 11.6 Å². The molecule has 8 heteroatoms. The number of halogens is 1. The molecule has 1 aromatic heterocycles. The largest absolute Gasteiger partial charge is 0.350 e. The number of allylic oxidation sites excluding steroid dienone is 1. The summed E-state index contributed by atoms with van der Waals surface area (Å²) in [6.07, 6.45) is 0. The van der Waals surface area contributed by atoms with Crippen LogP contribution in [-0.2, 0) is 11.3 Å². The van der Waals surface area contributed by atoms with Gasteiger partial charge < -0.3 is 16.0 Å². The van der Waals surface area contributed by atoms with Crippen molar-refractivity contribution >= 4 is 23.5 Å². The zero-order valence-corrected chi connectivity index (χ0v) is 13.8. The summed E-state index contributed by atoms with van der Waals surface area (Å²) in [5.41, 5.74) is 2.76. The molecule has 1 aliphatic heterocycles. The Balaban J connectivity index is 1.97. The number of hydrogen-bond donors (Lipinski definition) is 3. The highest BCUT2D eigenvalue weighted by molar-refractivity contribution is 6.31. The van der Waals surface area contributed by atoms with Crippen LogP contribution in [-0.4, -0.2) is 34.3 Å². The van der Waals surface area contributed by atoms with Gasteiger partial charge in [0, 0.05) is 12.2 Å². The molecule has 0 bridgehead atoms. The van der Waals surface area contributed by atoms with Gasteiger partial charge in [0.05, 0.1) is 34.6 Å². The first kappa shape index (κ1) is 16.4. The Morgan fingerprint density at radius 1 is 1.41 bits per heavy atom. The van der Waals surface area contributed by atoms with Gasteiger partial charge in [-0.15, -0.1) is 0 Å². The Labute approximate surface area is 134 Å². The molecule has 0 aromatic carbocycles. The van der Waals surface area contributed by atoms with E-state index in [2.05, 4.69) is 21.0 Å². The average Bonchev–Trinajstić information content (AvgIpc) is 2.65. The minimum Gasteiger partial charge on any atom is -0.350 e. The molecule has 1 aliphatic rings. The molecule has 0 spiro atoms. The van der Waals surface area contributed by atoms with Crippen LogP contribution in [0.5, 0.6) is 0 Å². The van der Waals surface area contributed by atoms with Crippen molar-refractivity contribution in [1.82, 2.24) is 25.7 Å². The van der Waals surface area contributed by atoms with Crippen LogP contribution < -0.4 is 16.0 Å². The lowest BCUT2D eigenvalue weighted by molar-refractivity contribution is -0.117. The molecule has 0 aliphatic carbocycles. The monoisotopic (exact) mass is 325 g/mol. The molecule has 3 amide bonds. The van der Waals surface area contributed by atoms with E-state index < -0.39 is 0 Å². The minimum absolute atomic E-state index is 0.204. The van der Waals surface area contributed by atoms with E-state index in [1.165, 1.54) is 0 Å². The van der Waals surface area contributed by atoms with E-state index in [1.54, 1.807) is 18.5 Å². The van der Waals surface area contributed by atoms with Crippen LogP contribution in [0, 0.1) is 13.8 Å². The predicted octanol–water partition coefficient (Wildman–Crippen LogP) is 1.24. The number of aromatic nitrogens is 2. The molecule has 2 rings (SSSR count). The first-order valence-corrected chi connectivity index (χ1v) is 7.45. The van der Waals surface area contributed by atoms with E-state index in [9.17, 15) is 9.59 Å². The summed E-state index contributed by atoms with van der Waals surface area (Å²) in [5.74, 6) is -0.204. The second kappa shape index (κ2) is 6.39. The van der Waals surface area contributed by atoms with E-state index in [-0.39, 0.29) is 18.0 Å². The summed E-state index contributed by atoms with van der Waals surface area (Å²) in [5, 5.41) is 13.1. The SMILES string of the molecule is CC1=C(C(=O)NCCn2nc(C)c(Cl)c2C)[C@H](C)NC(=O)N1. The summed E-state index contributed by atoms with van der Waals surface area (Å²) in [7, 11) is 0. The number of amides is 3. The van der Waals surface area contributed by atoms with E-state index in [4.69, 9.17) is 11.6 Å². The summed E-state index contributed by atoms with van der Waals surface area (Å²) >= 11 is 6.09. The maximum Gasteiger partial charge on any atom is 0.319 e. The number of carbonyl (C=O) groups excluding carboxylic acids is 2. The first-order chi connectivity index (χ1) is 10.3. The topological polar surface area (TPSA) is 88.1 Å². The lowest BCUT2D eigenvalue weighted by Crippen LogP contribution is -2.50. The number of nitrogens with one attached hydrogen (secondary N) is 3. The molecular weight excluding hydrogens is 306 g/mol. The van der Waals surface area contributed by atoms with Crippen molar-refractivity contribution in [3.8, 4) is 0 Å². The van der Waals surface area contributed by atoms with E-state index in [0.717, 1.165) is 11.4 Å². The van der Waals surface area contributed by atoms with Gasteiger partial charge in [-0.2, -0.15) is 5.10 Å². The Bertz CT molecular complexity index is 650. The summed E-state index contributed by atoms with van der Waals surface area (Å²) in [6, 6.07) is -0.615. The lowest BCUT2D eigenvalue weighted by Gasteiger charge is -2.25. The molecule has 1 atom stereocenters. The molecule has 0 saturated heterocycles. The van der Waals surface area contributed by atoms with Crippen molar-refractivity contribution < 1.29 is 9.59 Å². The van der Waals surface area contributed by atoms with Crippen LogP contribution in [0.15, 0.2) is 11.3 Å². The molecule has 3 N–H and O–H groups in total. The number of urea groups is 1. The second-order valence-electron chi connectivity index (χ2n) is 5.32. The van der Waals surface area contributed by atoms with Crippen molar-refractivity contribution in [2.75, 3.05) is 6.54 Å². The van der Waals surface area contributed by atoms with Gasteiger partial charge in [-0.25, -0.2) is 4.79 Å². The number of carbonyl (C=O) groups is 2. The third-order valence-electron chi connectivity index (χ3n) is 3.63. The minimum atomic E-state index is -0.322. The Kier molecular flexibility index (Phi) is 4.75. The number of rotatable bonds is 4. The number of hydrogen-bond acceptors (Lipinski definition) is 3. The van der Waals surface area contributed by atoms with Crippen LogP contribution in [0.25, 0.3) is 0 Å². The molecule has 120 valence electrons. The highest BCUT2D eigenvalue weighted by Gasteiger charge is 2.26. The van der Waals surface area contributed by atoms with Gasteiger partial charge in [0.15, 0.2) is 0 Å². The Hall–Kier alpha value is -2.02. The summed E-state index contributed by atoms with van der Waals surface area (Å²) in [6.45, 7) is 8.18. The molecule has 0 radical (unpaired) electrons. The predicted molar refractivity (Wildman–Crippen MR) is 83.6 cm³/mol. The van der Waals surface area contributed by atoms with Crippen LogP contribution in [0.2, 0.25) is 5.02 Å². The molecule has 0 saturated carbocycles. The van der Waals surface area contributed by atoms with E-state index in [1.807, 2.05) is 13.8 Å². The molecule has 22 heavy (non-hydrogen) atoms.